The van der Waals surface area contributed by atoms with E-state index in [1.807, 2.05) is 6.92 Å². The first-order chi connectivity index (χ1) is 10.4. The number of hydrogen-bond donors (Lipinski definition) is 0. The highest BCUT2D eigenvalue weighted by Crippen LogP contribution is 2.29. The number of carbonyl (C=O) groups is 1. The SMILES string of the molecule is CO[P+](=O)CC(=O)[C@@H]1CCCN1S(=O)(=O)c1ccc(C)cc1. The van der Waals surface area contributed by atoms with Gasteiger partial charge in [-0.05, 0) is 36.5 Å². The second-order valence-corrected chi connectivity index (χ2v) is 8.46. The molecule has 1 aromatic carbocycles. The number of aryl methyl sites for hydroxylation is 1. The lowest BCUT2D eigenvalue weighted by molar-refractivity contribution is -0.119. The van der Waals surface area contributed by atoms with Crippen LogP contribution in [-0.2, 0) is 23.9 Å². The molecule has 2 atom stereocenters. The van der Waals surface area contributed by atoms with Crippen LogP contribution in [0.5, 0.6) is 0 Å². The fraction of sp³-hybridized carbons (Fsp3) is 0.500. The second-order valence-electron chi connectivity index (χ2n) is 5.23. The molecule has 0 spiro atoms. The van der Waals surface area contributed by atoms with Crippen molar-refractivity contribution in [1.29, 1.82) is 0 Å². The van der Waals surface area contributed by atoms with E-state index in [-0.39, 0.29) is 16.8 Å². The van der Waals surface area contributed by atoms with E-state index < -0.39 is 24.1 Å². The van der Waals surface area contributed by atoms with E-state index in [1.54, 1.807) is 24.3 Å². The van der Waals surface area contributed by atoms with Crippen molar-refractivity contribution in [3.63, 3.8) is 0 Å². The van der Waals surface area contributed by atoms with Crippen LogP contribution in [0.25, 0.3) is 0 Å². The third-order valence-corrected chi connectivity index (χ3v) is 6.59. The largest absolute Gasteiger partial charge is 0.515 e. The first-order valence-corrected chi connectivity index (χ1v) is 9.76. The normalized spacial score (nSPS) is 20.1. The molecule has 2 rings (SSSR count). The third kappa shape index (κ3) is 3.60. The molecule has 22 heavy (non-hydrogen) atoms. The molecule has 0 aromatic heterocycles. The van der Waals surface area contributed by atoms with Crippen LogP contribution in [0.4, 0.5) is 0 Å². The van der Waals surface area contributed by atoms with Gasteiger partial charge in [0, 0.05) is 6.54 Å². The highest BCUT2D eigenvalue weighted by molar-refractivity contribution is 7.89. The second kappa shape index (κ2) is 6.96. The highest BCUT2D eigenvalue weighted by Gasteiger charge is 2.41. The van der Waals surface area contributed by atoms with E-state index in [2.05, 4.69) is 4.52 Å². The van der Waals surface area contributed by atoms with Crippen molar-refractivity contribution in [2.24, 2.45) is 0 Å². The molecule has 1 saturated heterocycles. The van der Waals surface area contributed by atoms with E-state index in [9.17, 15) is 17.8 Å². The standard InChI is InChI=1S/C14H19NO5PS/c1-11-5-7-12(8-6-11)22(18,19)15-9-3-4-13(15)14(16)10-21(17)20-2/h5-8,13H,3-4,9-10H2,1-2H3/q+1/t13-/m0/s1. The van der Waals surface area contributed by atoms with E-state index in [4.69, 9.17) is 0 Å². The first-order valence-electron chi connectivity index (χ1n) is 6.96. The number of rotatable bonds is 6. The molecule has 1 heterocycles. The van der Waals surface area contributed by atoms with Gasteiger partial charge in [-0.2, -0.15) is 4.31 Å². The van der Waals surface area contributed by atoms with Crippen LogP contribution in [-0.4, -0.2) is 44.4 Å². The van der Waals surface area contributed by atoms with Crippen molar-refractivity contribution in [2.45, 2.75) is 30.7 Å². The summed E-state index contributed by atoms with van der Waals surface area (Å²) in [6, 6.07) is 5.78. The Hall–Kier alpha value is -1.14. The summed E-state index contributed by atoms with van der Waals surface area (Å²) in [6.45, 7) is 2.18. The summed E-state index contributed by atoms with van der Waals surface area (Å²) >= 11 is 0. The van der Waals surface area contributed by atoms with Gasteiger partial charge < -0.3 is 0 Å². The van der Waals surface area contributed by atoms with Crippen molar-refractivity contribution in [2.75, 3.05) is 19.8 Å². The summed E-state index contributed by atoms with van der Waals surface area (Å²) < 4.78 is 42.6. The van der Waals surface area contributed by atoms with E-state index >= 15 is 0 Å². The molecule has 8 heteroatoms. The molecule has 6 nitrogen and oxygen atoms in total. The monoisotopic (exact) mass is 344 g/mol. The summed E-state index contributed by atoms with van der Waals surface area (Å²) in [5, 5.41) is 0. The number of carbonyl (C=O) groups excluding carboxylic acids is 1. The zero-order valence-corrected chi connectivity index (χ0v) is 14.3. The van der Waals surface area contributed by atoms with Gasteiger partial charge in [0.05, 0.1) is 18.0 Å². The molecule has 0 bridgehead atoms. The lowest BCUT2D eigenvalue weighted by atomic mass is 10.2. The predicted octanol–water partition coefficient (Wildman–Crippen LogP) is 2.11. The zero-order chi connectivity index (χ0) is 16.3. The Morgan fingerprint density at radius 2 is 2.00 bits per heavy atom. The van der Waals surface area contributed by atoms with Crippen LogP contribution in [0.15, 0.2) is 29.2 Å². The molecule has 120 valence electrons. The molecule has 0 amide bonds. The summed E-state index contributed by atoms with van der Waals surface area (Å²) in [4.78, 5) is 12.4. The minimum absolute atomic E-state index is 0.175. The Balaban J connectivity index is 2.24. The quantitative estimate of drug-likeness (QED) is 0.738. The van der Waals surface area contributed by atoms with Crippen molar-refractivity contribution in [3.05, 3.63) is 29.8 Å². The van der Waals surface area contributed by atoms with Crippen molar-refractivity contribution < 1.29 is 22.3 Å². The van der Waals surface area contributed by atoms with Crippen LogP contribution < -0.4 is 0 Å². The number of benzene rings is 1. The van der Waals surface area contributed by atoms with Crippen molar-refractivity contribution in [1.82, 2.24) is 4.31 Å². The number of nitrogens with zero attached hydrogens (tertiary/aromatic N) is 1. The van der Waals surface area contributed by atoms with E-state index in [0.29, 0.717) is 19.4 Å². The van der Waals surface area contributed by atoms with Gasteiger partial charge in [-0.25, -0.2) is 8.42 Å². The van der Waals surface area contributed by atoms with Gasteiger partial charge in [-0.1, -0.05) is 17.7 Å². The Morgan fingerprint density at radius 3 is 2.59 bits per heavy atom. The Kier molecular flexibility index (Phi) is 5.45. The molecule has 1 aliphatic heterocycles. The highest BCUT2D eigenvalue weighted by atomic mass is 32.2. The van der Waals surface area contributed by atoms with Crippen LogP contribution in [0, 0.1) is 6.92 Å². The van der Waals surface area contributed by atoms with Gasteiger partial charge in [-0.3, -0.25) is 4.79 Å². The van der Waals surface area contributed by atoms with Crippen molar-refractivity contribution in [3.8, 4) is 0 Å². The zero-order valence-electron chi connectivity index (χ0n) is 12.6. The number of sulfonamides is 1. The lowest BCUT2D eigenvalue weighted by Gasteiger charge is -2.22. The molecule has 1 aliphatic rings. The topological polar surface area (TPSA) is 80.8 Å². The maximum atomic E-state index is 12.7. The Bertz CT molecular complexity index is 671. The molecule has 1 aromatic rings. The summed E-state index contributed by atoms with van der Waals surface area (Å²) in [7, 11) is -4.52. The predicted molar refractivity (Wildman–Crippen MR) is 82.6 cm³/mol. The summed E-state index contributed by atoms with van der Waals surface area (Å²) in [5.74, 6) is -0.351. The molecule has 1 fully saturated rings. The molecule has 0 N–H and O–H groups in total. The lowest BCUT2D eigenvalue weighted by Crippen LogP contribution is -2.41. The average Bonchev–Trinajstić information content (AvgIpc) is 2.97. The van der Waals surface area contributed by atoms with Gasteiger partial charge >= 0.3 is 8.03 Å². The van der Waals surface area contributed by atoms with Gasteiger partial charge in [0.2, 0.25) is 22.0 Å². The molecule has 0 aliphatic carbocycles. The number of ketones is 1. The average molecular weight is 344 g/mol. The molecular formula is C14H19NO5PS+. The van der Waals surface area contributed by atoms with E-state index in [1.165, 1.54) is 11.4 Å². The Labute approximate surface area is 131 Å². The smallest absolute Gasteiger partial charge is 0.293 e. The van der Waals surface area contributed by atoms with E-state index in [0.717, 1.165) is 5.56 Å². The number of Topliss-reactive ketones (excluding diaryl/α,β-unsaturated/α-hetero) is 1. The summed E-state index contributed by atoms with van der Waals surface area (Å²) in [6.07, 6.45) is 0.818. The summed E-state index contributed by atoms with van der Waals surface area (Å²) in [5.41, 5.74) is 0.963. The molecule has 1 unspecified atom stereocenters. The van der Waals surface area contributed by atoms with Gasteiger partial charge in [0.25, 0.3) is 0 Å². The fourth-order valence-corrected chi connectivity index (χ4v) is 4.76. The minimum atomic E-state index is -3.72. The maximum absolute atomic E-state index is 12.7. The molecule has 0 radical (unpaired) electrons. The minimum Gasteiger partial charge on any atom is -0.293 e. The van der Waals surface area contributed by atoms with Gasteiger partial charge in [-0.15, -0.1) is 4.52 Å². The van der Waals surface area contributed by atoms with Crippen molar-refractivity contribution >= 4 is 23.8 Å². The molecule has 0 saturated carbocycles. The van der Waals surface area contributed by atoms with Crippen LogP contribution >= 0.6 is 8.03 Å². The van der Waals surface area contributed by atoms with Gasteiger partial charge in [0.1, 0.15) is 0 Å². The maximum Gasteiger partial charge on any atom is 0.515 e. The van der Waals surface area contributed by atoms with Gasteiger partial charge in [0.15, 0.2) is 0 Å². The molecular weight excluding hydrogens is 325 g/mol. The van der Waals surface area contributed by atoms with Crippen LogP contribution in [0.1, 0.15) is 18.4 Å². The number of hydrogen-bond acceptors (Lipinski definition) is 5. The first kappa shape index (κ1) is 17.2. The van der Waals surface area contributed by atoms with Crippen LogP contribution in [0.2, 0.25) is 0 Å². The fourth-order valence-electron chi connectivity index (χ4n) is 2.49. The Morgan fingerprint density at radius 1 is 1.36 bits per heavy atom. The third-order valence-electron chi connectivity index (χ3n) is 3.69. The van der Waals surface area contributed by atoms with Crippen LogP contribution in [0.3, 0.4) is 0 Å².